The second-order valence-electron chi connectivity index (χ2n) is 6.05. The van der Waals surface area contributed by atoms with Gasteiger partial charge >= 0.3 is 5.97 Å². The van der Waals surface area contributed by atoms with E-state index >= 15 is 0 Å². The molecule has 1 saturated heterocycles. The van der Waals surface area contributed by atoms with E-state index < -0.39 is 11.9 Å². The smallest absolute Gasteiger partial charge is 0.308 e. The van der Waals surface area contributed by atoms with Gasteiger partial charge in [-0.2, -0.15) is 0 Å². The van der Waals surface area contributed by atoms with Gasteiger partial charge in [0.1, 0.15) is 6.61 Å². The van der Waals surface area contributed by atoms with Gasteiger partial charge in [0, 0.05) is 18.7 Å². The lowest BCUT2D eigenvalue weighted by Gasteiger charge is -2.34. The number of nitrogens with zero attached hydrogens (tertiary/aromatic N) is 1. The number of amides is 1. The van der Waals surface area contributed by atoms with Gasteiger partial charge in [-0.15, -0.1) is 0 Å². The van der Waals surface area contributed by atoms with Crippen LogP contribution < -0.4 is 9.47 Å². The van der Waals surface area contributed by atoms with E-state index in [0.717, 1.165) is 0 Å². The Morgan fingerprint density at radius 2 is 2.12 bits per heavy atom. The van der Waals surface area contributed by atoms with Gasteiger partial charge in [0.15, 0.2) is 11.5 Å². The summed E-state index contributed by atoms with van der Waals surface area (Å²) in [6, 6.07) is 4.96. The van der Waals surface area contributed by atoms with Crippen molar-refractivity contribution in [2.24, 2.45) is 11.8 Å². The highest BCUT2D eigenvalue weighted by Gasteiger charge is 2.32. The number of rotatable bonds is 6. The zero-order chi connectivity index (χ0) is 17.7. The lowest BCUT2D eigenvalue weighted by Crippen LogP contribution is -2.45. The number of carboxylic acids is 1. The molecule has 24 heavy (non-hydrogen) atoms. The highest BCUT2D eigenvalue weighted by atomic mass is 16.5. The van der Waals surface area contributed by atoms with Crippen molar-refractivity contribution in [2.45, 2.75) is 13.3 Å². The Bertz CT molecular complexity index is 628. The first-order valence-corrected chi connectivity index (χ1v) is 7.90. The summed E-state index contributed by atoms with van der Waals surface area (Å²) in [5, 5.41) is 9.24. The zero-order valence-corrected chi connectivity index (χ0v) is 14.0. The predicted molar refractivity (Wildman–Crippen MR) is 89.5 cm³/mol. The first-order valence-electron chi connectivity index (χ1n) is 7.90. The standard InChI is InChI=1S/C18H23NO5/c1-4-7-24-15-6-5-13(9-16(15)23-3)17(20)19-10-12(2)8-14(11-19)18(21)22/h4-6,9,12,14H,1,7-8,10-11H2,2-3H3,(H,21,22). The monoisotopic (exact) mass is 333 g/mol. The van der Waals surface area contributed by atoms with Crippen LogP contribution in [-0.4, -0.2) is 48.7 Å². The van der Waals surface area contributed by atoms with Gasteiger partial charge in [-0.3, -0.25) is 9.59 Å². The summed E-state index contributed by atoms with van der Waals surface area (Å²) in [6.07, 6.45) is 2.22. The van der Waals surface area contributed by atoms with Crippen LogP contribution in [0.5, 0.6) is 11.5 Å². The lowest BCUT2D eigenvalue weighted by atomic mass is 9.90. The summed E-state index contributed by atoms with van der Waals surface area (Å²) in [4.78, 5) is 25.6. The molecular weight excluding hydrogens is 310 g/mol. The van der Waals surface area contributed by atoms with Crippen LogP contribution in [0.2, 0.25) is 0 Å². The highest BCUT2D eigenvalue weighted by molar-refractivity contribution is 5.95. The third-order valence-electron chi connectivity index (χ3n) is 4.06. The third-order valence-corrected chi connectivity index (χ3v) is 4.06. The molecule has 0 aromatic heterocycles. The fourth-order valence-corrected chi connectivity index (χ4v) is 2.95. The summed E-state index contributed by atoms with van der Waals surface area (Å²) >= 11 is 0. The second-order valence-corrected chi connectivity index (χ2v) is 6.05. The minimum atomic E-state index is -0.856. The lowest BCUT2D eigenvalue weighted by molar-refractivity contribution is -0.143. The number of carboxylic acid groups (broad SMARTS) is 1. The zero-order valence-electron chi connectivity index (χ0n) is 14.0. The highest BCUT2D eigenvalue weighted by Crippen LogP contribution is 2.30. The molecule has 0 aliphatic carbocycles. The Kier molecular flexibility index (Phi) is 5.84. The number of benzene rings is 1. The maximum Gasteiger partial charge on any atom is 0.308 e. The topological polar surface area (TPSA) is 76.1 Å². The van der Waals surface area contributed by atoms with Crippen molar-refractivity contribution in [3.63, 3.8) is 0 Å². The Morgan fingerprint density at radius 3 is 2.75 bits per heavy atom. The molecule has 2 unspecified atom stereocenters. The number of carbonyl (C=O) groups excluding carboxylic acids is 1. The van der Waals surface area contributed by atoms with Crippen LogP contribution >= 0.6 is 0 Å². The average molecular weight is 333 g/mol. The van der Waals surface area contributed by atoms with Crippen LogP contribution in [0.1, 0.15) is 23.7 Å². The van der Waals surface area contributed by atoms with Gasteiger partial charge in [-0.05, 0) is 30.5 Å². The van der Waals surface area contributed by atoms with E-state index in [2.05, 4.69) is 6.58 Å². The molecule has 1 N–H and O–H groups in total. The number of methoxy groups -OCH3 is 1. The van der Waals surface area contributed by atoms with E-state index in [9.17, 15) is 14.7 Å². The van der Waals surface area contributed by atoms with Gasteiger partial charge in [0.05, 0.1) is 13.0 Å². The summed E-state index contributed by atoms with van der Waals surface area (Å²) in [6.45, 7) is 6.68. The Hall–Kier alpha value is -2.50. The van der Waals surface area contributed by atoms with Crippen molar-refractivity contribution < 1.29 is 24.2 Å². The van der Waals surface area contributed by atoms with E-state index in [4.69, 9.17) is 9.47 Å². The first kappa shape index (κ1) is 17.8. The van der Waals surface area contributed by atoms with Crippen molar-refractivity contribution >= 4 is 11.9 Å². The number of carbonyl (C=O) groups is 2. The minimum Gasteiger partial charge on any atom is -0.493 e. The molecule has 6 nitrogen and oxygen atoms in total. The fraction of sp³-hybridized carbons (Fsp3) is 0.444. The van der Waals surface area contributed by atoms with Gasteiger partial charge in [-0.25, -0.2) is 0 Å². The molecule has 1 fully saturated rings. The quantitative estimate of drug-likeness (QED) is 0.809. The number of hydrogen-bond donors (Lipinski definition) is 1. The molecule has 1 amide bonds. The molecule has 1 heterocycles. The van der Waals surface area contributed by atoms with Gasteiger partial charge in [0.2, 0.25) is 0 Å². The van der Waals surface area contributed by atoms with E-state index in [-0.39, 0.29) is 18.4 Å². The van der Waals surface area contributed by atoms with Crippen LogP contribution in [0.3, 0.4) is 0 Å². The molecular formula is C18H23NO5. The molecule has 0 spiro atoms. The van der Waals surface area contributed by atoms with Crippen molar-refractivity contribution in [3.8, 4) is 11.5 Å². The van der Waals surface area contributed by atoms with E-state index in [1.165, 1.54) is 7.11 Å². The molecule has 1 aromatic rings. The molecule has 1 aromatic carbocycles. The number of piperidine rings is 1. The minimum absolute atomic E-state index is 0.154. The molecule has 1 aliphatic heterocycles. The second kappa shape index (κ2) is 7.86. The van der Waals surface area contributed by atoms with Crippen molar-refractivity contribution in [1.82, 2.24) is 4.90 Å². The van der Waals surface area contributed by atoms with Gasteiger partial charge in [-0.1, -0.05) is 19.6 Å². The first-order chi connectivity index (χ1) is 11.5. The number of ether oxygens (including phenoxy) is 2. The SMILES string of the molecule is C=CCOc1ccc(C(=O)N2CC(C)CC(C(=O)O)C2)cc1OC. The average Bonchev–Trinajstić information content (AvgIpc) is 2.58. The summed E-state index contributed by atoms with van der Waals surface area (Å²) in [5.41, 5.74) is 0.455. The number of hydrogen-bond acceptors (Lipinski definition) is 4. The molecule has 2 atom stereocenters. The van der Waals surface area contributed by atoms with Crippen molar-refractivity contribution in [3.05, 3.63) is 36.4 Å². The molecule has 0 bridgehead atoms. The number of likely N-dealkylation sites (tertiary alicyclic amines) is 1. The Balaban J connectivity index is 2.19. The van der Waals surface area contributed by atoms with E-state index in [1.807, 2.05) is 6.92 Å². The van der Waals surface area contributed by atoms with Crippen LogP contribution in [0.25, 0.3) is 0 Å². The van der Waals surface area contributed by atoms with Crippen molar-refractivity contribution in [1.29, 1.82) is 0 Å². The third kappa shape index (κ3) is 4.07. The largest absolute Gasteiger partial charge is 0.493 e. The molecule has 6 heteroatoms. The maximum atomic E-state index is 12.7. The molecule has 0 radical (unpaired) electrons. The summed E-state index contributed by atoms with van der Waals surface area (Å²) < 4.78 is 10.8. The van der Waals surface area contributed by atoms with Gasteiger partial charge < -0.3 is 19.5 Å². The van der Waals surface area contributed by atoms with Crippen LogP contribution in [0, 0.1) is 11.8 Å². The number of aliphatic carboxylic acids is 1. The van der Waals surface area contributed by atoms with Crippen LogP contribution in [-0.2, 0) is 4.79 Å². The van der Waals surface area contributed by atoms with E-state index in [1.54, 1.807) is 29.2 Å². The Labute approximate surface area is 141 Å². The van der Waals surface area contributed by atoms with Crippen LogP contribution in [0.4, 0.5) is 0 Å². The van der Waals surface area contributed by atoms with E-state index in [0.29, 0.717) is 36.6 Å². The normalized spacial score (nSPS) is 20.3. The molecule has 1 aliphatic rings. The van der Waals surface area contributed by atoms with Gasteiger partial charge in [0.25, 0.3) is 5.91 Å². The molecule has 0 saturated carbocycles. The Morgan fingerprint density at radius 1 is 1.38 bits per heavy atom. The van der Waals surface area contributed by atoms with Crippen molar-refractivity contribution in [2.75, 3.05) is 26.8 Å². The predicted octanol–water partition coefficient (Wildman–Crippen LogP) is 2.44. The fourth-order valence-electron chi connectivity index (χ4n) is 2.95. The molecule has 2 rings (SSSR count). The summed E-state index contributed by atoms with van der Waals surface area (Å²) in [7, 11) is 1.51. The molecule has 130 valence electrons. The maximum absolute atomic E-state index is 12.7. The summed E-state index contributed by atoms with van der Waals surface area (Å²) in [5.74, 6) is -0.422. The van der Waals surface area contributed by atoms with Crippen LogP contribution in [0.15, 0.2) is 30.9 Å².